The number of nitrogens with one attached hydrogen (secondary N) is 1. The van der Waals surface area contributed by atoms with Crippen LogP contribution in [-0.4, -0.2) is 30.0 Å². The fourth-order valence-corrected chi connectivity index (χ4v) is 6.05. The van der Waals surface area contributed by atoms with E-state index in [-0.39, 0.29) is 5.91 Å². The summed E-state index contributed by atoms with van der Waals surface area (Å²) in [5, 5.41) is 3.37. The zero-order valence-electron chi connectivity index (χ0n) is 14.3. The molecule has 4 aliphatic carbocycles. The van der Waals surface area contributed by atoms with Crippen LogP contribution in [0.1, 0.15) is 55.3 Å². The number of aromatic nitrogens is 1. The number of rotatable bonds is 3. The van der Waals surface area contributed by atoms with E-state index < -0.39 is 0 Å². The first kappa shape index (κ1) is 14.7. The predicted molar refractivity (Wildman–Crippen MR) is 94.0 cm³/mol. The minimum absolute atomic E-state index is 0.0768. The topological polar surface area (TPSA) is 45.2 Å². The zero-order valence-corrected chi connectivity index (χ0v) is 14.3. The van der Waals surface area contributed by atoms with Gasteiger partial charge in [-0.3, -0.25) is 4.79 Å². The summed E-state index contributed by atoms with van der Waals surface area (Å²) in [6.07, 6.45) is 11.1. The molecule has 5 aliphatic rings. The van der Waals surface area contributed by atoms with Gasteiger partial charge in [-0.2, -0.15) is 0 Å². The van der Waals surface area contributed by atoms with E-state index in [0.717, 1.165) is 42.6 Å². The number of amides is 1. The van der Waals surface area contributed by atoms with Crippen molar-refractivity contribution >= 4 is 11.7 Å². The summed E-state index contributed by atoms with van der Waals surface area (Å²) < 4.78 is 0. The molecular weight excluding hydrogens is 298 g/mol. The lowest BCUT2D eigenvalue weighted by atomic mass is 9.54. The highest BCUT2D eigenvalue weighted by Crippen LogP contribution is 2.53. The zero-order chi connectivity index (χ0) is 16.1. The van der Waals surface area contributed by atoms with E-state index in [1.807, 2.05) is 12.1 Å². The lowest BCUT2D eigenvalue weighted by Gasteiger charge is -2.54. The normalized spacial score (nSPS) is 37.0. The molecule has 0 radical (unpaired) electrons. The smallest absolute Gasteiger partial charge is 0.253 e. The number of hydrogen-bond donors (Lipinski definition) is 1. The molecule has 1 aromatic rings. The molecule has 5 fully saturated rings. The molecular formula is C20H27N3O. The van der Waals surface area contributed by atoms with E-state index >= 15 is 0 Å². The highest BCUT2D eigenvalue weighted by atomic mass is 16.1. The number of carbonyl (C=O) groups is 1. The van der Waals surface area contributed by atoms with Gasteiger partial charge in [0.2, 0.25) is 0 Å². The van der Waals surface area contributed by atoms with Crippen molar-refractivity contribution < 1.29 is 4.79 Å². The van der Waals surface area contributed by atoms with Crippen LogP contribution in [-0.2, 0) is 0 Å². The molecule has 0 spiro atoms. The van der Waals surface area contributed by atoms with E-state index in [1.165, 1.54) is 44.9 Å². The fraction of sp³-hybridized carbons (Fsp3) is 0.700. The summed E-state index contributed by atoms with van der Waals surface area (Å²) in [5.41, 5.74) is 0.715. The minimum Gasteiger partial charge on any atom is -0.357 e. The third-order valence-electron chi connectivity index (χ3n) is 6.96. The Labute approximate surface area is 144 Å². The Hall–Kier alpha value is -1.58. The standard InChI is InChI=1S/C20H27N3O/c24-20(15-3-4-18(21-12-15)23-5-1-2-6-23)22-19-16-8-13-7-14(10-16)11-17(19)9-13/h3-4,12-14,16-17,19H,1-2,5-11H2,(H,22,24). The fourth-order valence-electron chi connectivity index (χ4n) is 6.05. The maximum absolute atomic E-state index is 12.7. The van der Waals surface area contributed by atoms with Crippen LogP contribution in [0.3, 0.4) is 0 Å². The average molecular weight is 325 g/mol. The number of hydrogen-bond acceptors (Lipinski definition) is 3. The summed E-state index contributed by atoms with van der Waals surface area (Å²) in [6.45, 7) is 2.18. The summed E-state index contributed by atoms with van der Waals surface area (Å²) in [4.78, 5) is 19.5. The third-order valence-corrected chi connectivity index (χ3v) is 6.96. The van der Waals surface area contributed by atoms with E-state index in [2.05, 4.69) is 15.2 Å². The molecule has 1 aromatic heterocycles. The van der Waals surface area contributed by atoms with E-state index in [9.17, 15) is 4.79 Å². The van der Waals surface area contributed by atoms with Crippen molar-refractivity contribution in [2.45, 2.75) is 51.0 Å². The lowest BCUT2D eigenvalue weighted by Crippen LogP contribution is -2.55. The molecule has 1 saturated heterocycles. The van der Waals surface area contributed by atoms with Crippen molar-refractivity contribution in [1.29, 1.82) is 0 Å². The van der Waals surface area contributed by atoms with E-state index in [1.54, 1.807) is 6.20 Å². The molecule has 0 atom stereocenters. The Morgan fingerprint density at radius 3 is 2.25 bits per heavy atom. The number of nitrogens with zero attached hydrogens (tertiary/aromatic N) is 2. The van der Waals surface area contributed by atoms with Crippen LogP contribution in [0.2, 0.25) is 0 Å². The van der Waals surface area contributed by atoms with Crippen LogP contribution in [0.4, 0.5) is 5.82 Å². The molecule has 128 valence electrons. The van der Waals surface area contributed by atoms with Crippen molar-refractivity contribution in [3.05, 3.63) is 23.9 Å². The first-order valence-electron chi connectivity index (χ1n) is 9.78. The Balaban J connectivity index is 1.27. The van der Waals surface area contributed by atoms with Gasteiger partial charge in [0.05, 0.1) is 5.56 Å². The second-order valence-electron chi connectivity index (χ2n) is 8.53. The SMILES string of the molecule is O=C(NC1C2CC3CC(C2)CC1C3)c1ccc(N2CCCC2)nc1. The van der Waals surface area contributed by atoms with Gasteiger partial charge in [0, 0.05) is 25.3 Å². The van der Waals surface area contributed by atoms with Gasteiger partial charge in [0.25, 0.3) is 5.91 Å². The van der Waals surface area contributed by atoms with Crippen molar-refractivity contribution in [2.75, 3.05) is 18.0 Å². The number of anilines is 1. The Bertz CT molecular complexity index is 592. The largest absolute Gasteiger partial charge is 0.357 e. The molecule has 1 N–H and O–H groups in total. The molecule has 4 saturated carbocycles. The van der Waals surface area contributed by atoms with Crippen molar-refractivity contribution in [1.82, 2.24) is 10.3 Å². The summed E-state index contributed by atoms with van der Waals surface area (Å²) in [5.74, 6) is 4.43. The lowest BCUT2D eigenvalue weighted by molar-refractivity contribution is -0.0119. The molecule has 4 nitrogen and oxygen atoms in total. The van der Waals surface area contributed by atoms with Crippen LogP contribution >= 0.6 is 0 Å². The quantitative estimate of drug-likeness (QED) is 0.928. The molecule has 6 rings (SSSR count). The first-order valence-corrected chi connectivity index (χ1v) is 9.78. The summed E-state index contributed by atoms with van der Waals surface area (Å²) in [7, 11) is 0. The van der Waals surface area contributed by atoms with Gasteiger partial charge < -0.3 is 10.2 Å². The van der Waals surface area contributed by atoms with Gasteiger partial charge in [-0.25, -0.2) is 4.98 Å². The molecule has 1 amide bonds. The summed E-state index contributed by atoms with van der Waals surface area (Å²) in [6, 6.07) is 4.37. The van der Waals surface area contributed by atoms with Crippen LogP contribution < -0.4 is 10.2 Å². The monoisotopic (exact) mass is 325 g/mol. The summed E-state index contributed by atoms with van der Waals surface area (Å²) >= 11 is 0. The van der Waals surface area contributed by atoms with Crippen molar-refractivity contribution in [3.8, 4) is 0 Å². The van der Waals surface area contributed by atoms with Crippen LogP contribution in [0.5, 0.6) is 0 Å². The van der Waals surface area contributed by atoms with Crippen LogP contribution in [0.25, 0.3) is 0 Å². The third kappa shape index (κ3) is 2.51. The Kier molecular flexibility index (Phi) is 3.53. The van der Waals surface area contributed by atoms with Gasteiger partial charge in [-0.05, 0) is 80.8 Å². The molecule has 0 unspecified atom stereocenters. The number of pyridine rings is 1. The van der Waals surface area contributed by atoms with Gasteiger partial charge >= 0.3 is 0 Å². The van der Waals surface area contributed by atoms with Crippen LogP contribution in [0, 0.1) is 23.7 Å². The van der Waals surface area contributed by atoms with E-state index in [0.29, 0.717) is 11.6 Å². The van der Waals surface area contributed by atoms with Gasteiger partial charge in [0.15, 0.2) is 0 Å². The maximum Gasteiger partial charge on any atom is 0.253 e. The predicted octanol–water partition coefficient (Wildman–Crippen LogP) is 3.24. The van der Waals surface area contributed by atoms with Gasteiger partial charge in [0.1, 0.15) is 5.82 Å². The van der Waals surface area contributed by atoms with Crippen LogP contribution in [0.15, 0.2) is 18.3 Å². The highest BCUT2D eigenvalue weighted by molar-refractivity contribution is 5.94. The molecule has 24 heavy (non-hydrogen) atoms. The van der Waals surface area contributed by atoms with Crippen molar-refractivity contribution in [2.24, 2.45) is 23.7 Å². The second-order valence-corrected chi connectivity index (χ2v) is 8.53. The van der Waals surface area contributed by atoms with Gasteiger partial charge in [-0.15, -0.1) is 0 Å². The van der Waals surface area contributed by atoms with Gasteiger partial charge in [-0.1, -0.05) is 0 Å². The molecule has 0 aromatic carbocycles. The molecule has 1 aliphatic heterocycles. The maximum atomic E-state index is 12.7. The first-order chi connectivity index (χ1) is 11.8. The second kappa shape index (κ2) is 5.75. The Morgan fingerprint density at radius 2 is 1.67 bits per heavy atom. The minimum atomic E-state index is 0.0768. The van der Waals surface area contributed by atoms with Crippen molar-refractivity contribution in [3.63, 3.8) is 0 Å². The molecule has 4 bridgehead atoms. The molecule has 4 heteroatoms. The molecule has 2 heterocycles. The average Bonchev–Trinajstić information content (AvgIpc) is 3.12. The number of carbonyl (C=O) groups excluding carboxylic acids is 1. The highest BCUT2D eigenvalue weighted by Gasteiger charge is 2.48. The Morgan fingerprint density at radius 1 is 1.00 bits per heavy atom. The van der Waals surface area contributed by atoms with E-state index in [4.69, 9.17) is 0 Å².